The molecule has 4 fully saturated rings. The van der Waals surface area contributed by atoms with Gasteiger partial charge in [-0.15, -0.1) is 0 Å². The molecule has 9 heteroatoms. The number of fused-ring (bicyclic) bond motifs is 5. The number of thiocarbonyl (C=S) groups is 1. The van der Waals surface area contributed by atoms with E-state index in [1.807, 2.05) is 0 Å². The molecule has 5 rings (SSSR count). The van der Waals surface area contributed by atoms with Crippen molar-refractivity contribution in [2.75, 3.05) is 13.2 Å². The van der Waals surface area contributed by atoms with E-state index < -0.39 is 37.3 Å². The minimum Gasteiger partial charge on any atom is -0.456 e. The second-order valence-electron chi connectivity index (χ2n) is 17.8. The van der Waals surface area contributed by atoms with E-state index in [0.29, 0.717) is 23.9 Å². The van der Waals surface area contributed by atoms with Gasteiger partial charge in [0.25, 0.3) is 0 Å². The van der Waals surface area contributed by atoms with Gasteiger partial charge in [-0.05, 0) is 129 Å². The van der Waals surface area contributed by atoms with Gasteiger partial charge in [-0.3, -0.25) is 4.79 Å². The van der Waals surface area contributed by atoms with Crippen molar-refractivity contribution < 1.29 is 34.3 Å². The van der Waals surface area contributed by atoms with Crippen LogP contribution in [0.3, 0.4) is 0 Å². The predicted octanol–water partition coefficient (Wildman–Crippen LogP) is 7.26. The summed E-state index contributed by atoms with van der Waals surface area (Å²) in [5.41, 5.74) is 2.50. The Morgan fingerprint density at radius 2 is 1.82 bits per heavy atom. The largest absolute Gasteiger partial charge is 0.456 e. The number of carbonyl (C=O) groups is 1. The molecule has 4 N–H and O–H groups in total. The van der Waals surface area contributed by atoms with E-state index in [2.05, 4.69) is 46.0 Å². The Kier molecular flexibility index (Phi) is 13.9. The van der Waals surface area contributed by atoms with Gasteiger partial charge in [0.05, 0.1) is 24.9 Å². The number of aliphatic hydroxyl groups excluding tert-OH is 3. The minimum absolute atomic E-state index is 0.0229. The molecule has 1 aliphatic heterocycles. The van der Waals surface area contributed by atoms with Gasteiger partial charge in [-0.1, -0.05) is 65.5 Å². The lowest BCUT2D eigenvalue weighted by atomic mass is 9.47. The van der Waals surface area contributed by atoms with Crippen LogP contribution in [-0.4, -0.2) is 76.2 Å². The lowest BCUT2D eigenvalue weighted by Gasteiger charge is -2.58. The van der Waals surface area contributed by atoms with Crippen LogP contribution >= 0.6 is 12.2 Å². The van der Waals surface area contributed by atoms with Crippen LogP contribution in [0.2, 0.25) is 0 Å². The predicted molar refractivity (Wildman–Crippen MR) is 200 cm³/mol. The third-order valence-electron chi connectivity index (χ3n) is 14.1. The first-order valence-electron chi connectivity index (χ1n) is 20.2. The van der Waals surface area contributed by atoms with Crippen molar-refractivity contribution in [2.24, 2.45) is 46.3 Å². The van der Waals surface area contributed by atoms with Crippen molar-refractivity contribution in [1.82, 2.24) is 5.32 Å². The first kappa shape index (κ1) is 40.1. The van der Waals surface area contributed by atoms with Gasteiger partial charge in [-0.25, -0.2) is 0 Å². The van der Waals surface area contributed by atoms with Gasteiger partial charge < -0.3 is 34.8 Å². The van der Waals surface area contributed by atoms with Crippen molar-refractivity contribution >= 4 is 23.2 Å². The van der Waals surface area contributed by atoms with Crippen LogP contribution in [0.15, 0.2) is 11.6 Å². The molecule has 8 nitrogen and oxygen atoms in total. The lowest BCUT2D eigenvalue weighted by molar-refractivity contribution is -0.234. The maximum atomic E-state index is 11.9. The number of rotatable bonds is 15. The van der Waals surface area contributed by atoms with Crippen LogP contribution in [-0.2, 0) is 19.0 Å². The van der Waals surface area contributed by atoms with Gasteiger partial charge >= 0.3 is 0 Å². The summed E-state index contributed by atoms with van der Waals surface area (Å²) >= 11 is 5.51. The molecule has 1 saturated heterocycles. The Bertz CT molecular complexity index is 1180. The highest BCUT2D eigenvalue weighted by atomic mass is 32.1. The maximum Gasteiger partial charge on any atom is 0.217 e. The highest BCUT2D eigenvalue weighted by Gasteiger charge is 2.59. The van der Waals surface area contributed by atoms with Gasteiger partial charge in [0.15, 0.2) is 5.05 Å². The number of aliphatic hydroxyl groups is 3. The quantitative estimate of drug-likeness (QED) is 0.0794. The zero-order chi connectivity index (χ0) is 36.2. The molecule has 0 bridgehead atoms. The van der Waals surface area contributed by atoms with E-state index in [0.717, 1.165) is 61.2 Å². The molecule has 4 aliphatic carbocycles. The molecular formula is C41H69NO7S. The number of hydrogen-bond donors (Lipinski definition) is 4. The zero-order valence-electron chi connectivity index (χ0n) is 31.9. The fourth-order valence-corrected chi connectivity index (χ4v) is 11.6. The van der Waals surface area contributed by atoms with Crippen LogP contribution < -0.4 is 5.32 Å². The molecule has 1 heterocycles. The molecule has 286 valence electrons. The van der Waals surface area contributed by atoms with Crippen molar-refractivity contribution in [3.05, 3.63) is 11.6 Å². The van der Waals surface area contributed by atoms with Gasteiger partial charge in [0, 0.05) is 20.0 Å². The summed E-state index contributed by atoms with van der Waals surface area (Å²) in [6, 6.07) is -0.487. The highest BCUT2D eigenvalue weighted by Crippen LogP contribution is 2.67. The Hall–Kier alpha value is -1.10. The van der Waals surface area contributed by atoms with E-state index >= 15 is 0 Å². The summed E-state index contributed by atoms with van der Waals surface area (Å²) in [7, 11) is 0. The van der Waals surface area contributed by atoms with E-state index in [4.69, 9.17) is 26.4 Å². The van der Waals surface area contributed by atoms with E-state index in [-0.39, 0.29) is 23.5 Å². The molecule has 0 radical (unpaired) electrons. The fraction of sp³-hybridized carbons (Fsp3) is 0.902. The van der Waals surface area contributed by atoms with E-state index in [1.54, 1.807) is 5.57 Å². The summed E-state index contributed by atoms with van der Waals surface area (Å²) in [5, 5.41) is 32.6. The average molecular weight is 720 g/mol. The Balaban J connectivity index is 1.08. The number of ether oxygens (including phenoxy) is 3. The molecule has 5 aliphatic rings. The number of allylic oxidation sites excluding steroid dienone is 1. The minimum atomic E-state index is -1.19. The summed E-state index contributed by atoms with van der Waals surface area (Å²) in [6.45, 7) is 14.2. The third-order valence-corrected chi connectivity index (χ3v) is 14.5. The Morgan fingerprint density at radius 1 is 1.04 bits per heavy atom. The summed E-state index contributed by atoms with van der Waals surface area (Å²) in [4.78, 5) is 11.9. The summed E-state index contributed by atoms with van der Waals surface area (Å²) in [6.07, 6.45) is 15.6. The van der Waals surface area contributed by atoms with Crippen molar-refractivity contribution in [1.29, 1.82) is 0 Å². The van der Waals surface area contributed by atoms with Gasteiger partial charge in [0.1, 0.15) is 12.2 Å². The first-order chi connectivity index (χ1) is 23.8. The van der Waals surface area contributed by atoms with Gasteiger partial charge in [0.2, 0.25) is 12.2 Å². The van der Waals surface area contributed by atoms with Crippen LogP contribution in [0, 0.1) is 46.3 Å². The molecule has 13 atom stereocenters. The smallest absolute Gasteiger partial charge is 0.217 e. The molecule has 0 spiro atoms. The lowest BCUT2D eigenvalue weighted by Crippen LogP contribution is -2.52. The van der Waals surface area contributed by atoms with Crippen molar-refractivity contribution in [3.8, 4) is 0 Å². The molecule has 0 aromatic carbocycles. The molecule has 5 unspecified atom stereocenters. The molecule has 0 aromatic rings. The monoisotopic (exact) mass is 719 g/mol. The Morgan fingerprint density at radius 3 is 2.54 bits per heavy atom. The average Bonchev–Trinajstić information content (AvgIpc) is 3.42. The molecule has 1 amide bonds. The molecule has 0 aromatic heterocycles. The topological polar surface area (TPSA) is 117 Å². The first-order valence-corrected chi connectivity index (χ1v) is 20.6. The van der Waals surface area contributed by atoms with Crippen molar-refractivity contribution in [2.45, 2.75) is 175 Å². The number of nitrogens with one attached hydrogen (secondary N) is 1. The fourth-order valence-electron chi connectivity index (χ4n) is 11.3. The normalized spacial score (nSPS) is 39.5. The summed E-state index contributed by atoms with van der Waals surface area (Å²) in [5.74, 6) is 4.90. The second kappa shape index (κ2) is 17.4. The standard InChI is InChI=1S/C41H69NO7S/c1-25(2)10-9-11-26(3)31-15-16-32-30-14-13-28-22-29(17-19-40(28,5)33(30)18-20-41(31,32)6)47-21-8-7-12-34(42-27(4)44)39(50)49-37-23-35(45)38(46)36(24-43)48-37/h13,25-26,29-38,43,45-46H,7-12,14-24H2,1-6H3,(H,42,44)/t26-,29?,30?,31-,32?,33?,34?,35-,36-,37+,38-,40+,41-/m1/s1. The SMILES string of the molecule is CC(=O)NC(CCCCOC1CC[C@@]2(C)C(=CCC3C2CC[C@@]2(C)C3CC[C@@H]2[C@H](C)CCCC(C)C)C1)C(=S)O[C@H]1C[C@@H](O)[C@@H](O)[C@@H](CO)O1. The zero-order valence-corrected chi connectivity index (χ0v) is 32.7. The van der Waals surface area contributed by atoms with Crippen LogP contribution in [0.4, 0.5) is 0 Å². The Labute approximate surface area is 307 Å². The highest BCUT2D eigenvalue weighted by molar-refractivity contribution is 7.80. The van der Waals surface area contributed by atoms with Gasteiger partial charge in [-0.2, -0.15) is 0 Å². The maximum absolute atomic E-state index is 11.9. The number of carbonyl (C=O) groups excluding carboxylic acids is 1. The van der Waals surface area contributed by atoms with Crippen LogP contribution in [0.1, 0.15) is 138 Å². The van der Waals surface area contributed by atoms with Crippen LogP contribution in [0.5, 0.6) is 0 Å². The number of amides is 1. The second-order valence-corrected chi connectivity index (χ2v) is 18.2. The van der Waals surface area contributed by atoms with E-state index in [1.165, 1.54) is 64.7 Å². The van der Waals surface area contributed by atoms with Crippen molar-refractivity contribution in [3.63, 3.8) is 0 Å². The number of unbranched alkanes of at least 4 members (excludes halogenated alkanes) is 1. The molecule has 50 heavy (non-hydrogen) atoms. The van der Waals surface area contributed by atoms with E-state index in [9.17, 15) is 20.1 Å². The molecule has 3 saturated carbocycles. The summed E-state index contributed by atoms with van der Waals surface area (Å²) < 4.78 is 17.9. The van der Waals surface area contributed by atoms with Crippen LogP contribution in [0.25, 0.3) is 0 Å². The molecular weight excluding hydrogens is 651 g/mol. The number of hydrogen-bond acceptors (Lipinski definition) is 8. The third kappa shape index (κ3) is 8.98.